The molecule has 3 aromatic carbocycles. The van der Waals surface area contributed by atoms with Crippen LogP contribution < -0.4 is 0 Å². The van der Waals surface area contributed by atoms with E-state index in [0.717, 1.165) is 10.5 Å². The molecule has 0 fully saturated rings. The smallest absolute Gasteiger partial charge is 0.338 e. The Morgan fingerprint density at radius 2 is 1.72 bits per heavy atom. The Bertz CT molecular complexity index is 1560. The Labute approximate surface area is 204 Å². The third kappa shape index (κ3) is 4.08. The zero-order chi connectivity index (χ0) is 25.2. The van der Waals surface area contributed by atoms with Gasteiger partial charge in [-0.2, -0.15) is 5.26 Å². The van der Waals surface area contributed by atoms with Crippen molar-refractivity contribution < 1.29 is 24.2 Å². The Morgan fingerprint density at radius 1 is 1.00 bits per heavy atom. The molecule has 1 aliphatic rings. The second-order valence-electron chi connectivity index (χ2n) is 8.05. The molecule has 1 aliphatic heterocycles. The van der Waals surface area contributed by atoms with Crippen molar-refractivity contribution in [1.82, 2.24) is 14.9 Å². The van der Waals surface area contributed by atoms with Gasteiger partial charge in [0.25, 0.3) is 11.8 Å². The highest BCUT2D eigenvalue weighted by molar-refractivity contribution is 6.21. The number of para-hydroxylation sites is 2. The first-order chi connectivity index (χ1) is 17.5. The summed E-state index contributed by atoms with van der Waals surface area (Å²) in [6.45, 7) is -0.465. The topological polar surface area (TPSA) is 136 Å². The summed E-state index contributed by atoms with van der Waals surface area (Å²) in [5.74, 6) is -2.11. The van der Waals surface area contributed by atoms with Gasteiger partial charge in [-0.05, 0) is 35.9 Å². The number of amides is 2. The van der Waals surface area contributed by atoms with Gasteiger partial charge in [-0.25, -0.2) is 9.78 Å². The molecule has 0 aliphatic carbocycles. The van der Waals surface area contributed by atoms with E-state index in [4.69, 9.17) is 4.74 Å². The van der Waals surface area contributed by atoms with Crippen molar-refractivity contribution in [2.24, 2.45) is 0 Å². The van der Waals surface area contributed by atoms with Gasteiger partial charge in [-0.3, -0.25) is 14.5 Å². The van der Waals surface area contributed by atoms with E-state index in [-0.39, 0.29) is 34.6 Å². The average molecular weight is 478 g/mol. The molecule has 0 bridgehead atoms. The lowest BCUT2D eigenvalue weighted by molar-refractivity contribution is 0.0502. The number of benzene rings is 3. The number of nitriles is 1. The van der Waals surface area contributed by atoms with Gasteiger partial charge in [-0.1, -0.05) is 42.5 Å². The number of esters is 1. The van der Waals surface area contributed by atoms with E-state index >= 15 is 0 Å². The molecular formula is C27H18N4O5. The van der Waals surface area contributed by atoms with Crippen molar-refractivity contribution >= 4 is 34.4 Å². The minimum absolute atomic E-state index is 0.0338. The molecule has 0 unspecified atom stereocenters. The van der Waals surface area contributed by atoms with Crippen LogP contribution in [0.1, 0.15) is 42.5 Å². The fraction of sp³-hybridized carbons (Fsp3) is 0.0741. The third-order valence-corrected chi connectivity index (χ3v) is 5.76. The number of imide groups is 1. The van der Waals surface area contributed by atoms with Gasteiger partial charge in [0.15, 0.2) is 11.6 Å². The predicted molar refractivity (Wildman–Crippen MR) is 129 cm³/mol. The number of nitrogens with zero attached hydrogens (tertiary/aromatic N) is 3. The first kappa shape index (κ1) is 22.6. The van der Waals surface area contributed by atoms with Crippen molar-refractivity contribution in [2.75, 3.05) is 6.61 Å². The monoisotopic (exact) mass is 478 g/mol. The van der Waals surface area contributed by atoms with Gasteiger partial charge in [0, 0.05) is 0 Å². The van der Waals surface area contributed by atoms with E-state index in [9.17, 15) is 24.8 Å². The normalized spacial score (nSPS) is 13.4. The highest BCUT2D eigenvalue weighted by atomic mass is 16.5. The summed E-state index contributed by atoms with van der Waals surface area (Å²) in [5, 5.41) is 19.9. The van der Waals surface area contributed by atoms with Gasteiger partial charge in [0.05, 0.1) is 34.3 Å². The minimum Gasteiger partial charge on any atom is -0.507 e. The van der Waals surface area contributed by atoms with E-state index in [2.05, 4.69) is 9.97 Å². The average Bonchev–Trinajstić information content (AvgIpc) is 3.43. The molecule has 176 valence electrons. The van der Waals surface area contributed by atoms with Crippen LogP contribution in [0.4, 0.5) is 0 Å². The largest absolute Gasteiger partial charge is 0.507 e. The number of fused-ring (bicyclic) bond motifs is 2. The summed E-state index contributed by atoms with van der Waals surface area (Å²) in [6.07, 6.45) is 0. The Kier molecular flexibility index (Phi) is 5.76. The number of hydrogen-bond donors (Lipinski definition) is 2. The van der Waals surface area contributed by atoms with Crippen LogP contribution in [0.15, 0.2) is 78.6 Å². The zero-order valence-electron chi connectivity index (χ0n) is 18.8. The number of nitrogens with one attached hydrogen (secondary N) is 1. The van der Waals surface area contributed by atoms with Gasteiger partial charge >= 0.3 is 5.97 Å². The maximum Gasteiger partial charge on any atom is 0.338 e. The molecule has 9 nitrogen and oxygen atoms in total. The summed E-state index contributed by atoms with van der Waals surface area (Å²) < 4.78 is 5.16. The van der Waals surface area contributed by atoms with Crippen LogP contribution in [0.2, 0.25) is 0 Å². The number of aliphatic hydroxyl groups excluding tert-OH is 1. The van der Waals surface area contributed by atoms with E-state index < -0.39 is 30.1 Å². The molecule has 36 heavy (non-hydrogen) atoms. The van der Waals surface area contributed by atoms with Crippen LogP contribution in [0.3, 0.4) is 0 Å². The lowest BCUT2D eigenvalue weighted by atomic mass is 10.1. The summed E-state index contributed by atoms with van der Waals surface area (Å²) in [5.41, 5.74) is 2.27. The lowest BCUT2D eigenvalue weighted by Gasteiger charge is -2.13. The number of rotatable bonds is 6. The maximum absolute atomic E-state index is 12.9. The number of allylic oxidation sites excluding steroid dienone is 1. The summed E-state index contributed by atoms with van der Waals surface area (Å²) in [4.78, 5) is 46.6. The molecule has 0 saturated heterocycles. The fourth-order valence-electron chi connectivity index (χ4n) is 3.94. The predicted octanol–water partition coefficient (Wildman–Crippen LogP) is 4.01. The highest BCUT2D eigenvalue weighted by Gasteiger charge is 2.36. The van der Waals surface area contributed by atoms with Gasteiger partial charge in [0.1, 0.15) is 18.2 Å². The van der Waals surface area contributed by atoms with Crippen molar-refractivity contribution in [3.05, 3.63) is 107 Å². The SMILES string of the molecule is N#C/C(=C(\O)COC(=O)c1ccc2c(c1)C(=O)N(Cc1ccccc1)C2=O)c1nc2ccccc2[nH]1. The van der Waals surface area contributed by atoms with E-state index in [1.807, 2.05) is 36.4 Å². The van der Waals surface area contributed by atoms with Gasteiger partial charge < -0.3 is 14.8 Å². The van der Waals surface area contributed by atoms with E-state index in [1.54, 1.807) is 24.3 Å². The number of imidazole rings is 1. The van der Waals surface area contributed by atoms with Gasteiger partial charge in [-0.15, -0.1) is 0 Å². The molecule has 4 aromatic rings. The number of ether oxygens (including phenoxy) is 1. The molecule has 1 aromatic heterocycles. The second-order valence-corrected chi connectivity index (χ2v) is 8.05. The fourth-order valence-corrected chi connectivity index (χ4v) is 3.94. The van der Waals surface area contributed by atoms with E-state index in [0.29, 0.717) is 11.0 Å². The number of aromatic amines is 1. The number of carbonyl (C=O) groups is 3. The number of hydrogen-bond acceptors (Lipinski definition) is 7. The summed E-state index contributed by atoms with van der Waals surface area (Å²) in [7, 11) is 0. The highest BCUT2D eigenvalue weighted by Crippen LogP contribution is 2.26. The molecule has 2 amide bonds. The van der Waals surface area contributed by atoms with Crippen molar-refractivity contribution in [2.45, 2.75) is 6.54 Å². The van der Waals surface area contributed by atoms with E-state index in [1.165, 1.54) is 18.2 Å². The molecular weight excluding hydrogens is 460 g/mol. The van der Waals surface area contributed by atoms with Crippen LogP contribution in [0, 0.1) is 11.3 Å². The van der Waals surface area contributed by atoms with Crippen LogP contribution >= 0.6 is 0 Å². The van der Waals surface area contributed by atoms with Crippen molar-refractivity contribution in [3.63, 3.8) is 0 Å². The summed E-state index contributed by atoms with van der Waals surface area (Å²) in [6, 6.07) is 22.2. The number of carbonyl (C=O) groups excluding carboxylic acids is 3. The third-order valence-electron chi connectivity index (χ3n) is 5.76. The molecule has 2 heterocycles. The van der Waals surface area contributed by atoms with Crippen LogP contribution in [-0.4, -0.2) is 44.4 Å². The first-order valence-corrected chi connectivity index (χ1v) is 10.9. The van der Waals surface area contributed by atoms with Crippen LogP contribution in [-0.2, 0) is 11.3 Å². The minimum atomic E-state index is -0.826. The Hall–Kier alpha value is -5.23. The molecule has 5 rings (SSSR count). The molecule has 0 radical (unpaired) electrons. The molecule has 2 N–H and O–H groups in total. The Morgan fingerprint density at radius 3 is 2.47 bits per heavy atom. The lowest BCUT2D eigenvalue weighted by Crippen LogP contribution is -2.29. The van der Waals surface area contributed by atoms with Crippen LogP contribution in [0.25, 0.3) is 16.6 Å². The Balaban J connectivity index is 1.32. The molecule has 0 spiro atoms. The molecule has 0 atom stereocenters. The standard InChI is InChI=1S/C27H18N4O5/c28-13-20(24-29-21-8-4-5-9-22(21)30-24)23(32)15-36-27(35)17-10-11-18-19(12-17)26(34)31(25(18)33)14-16-6-2-1-3-7-16/h1-12,32H,14-15H2,(H,29,30)/b23-20+. The number of H-pyrrole nitrogens is 1. The molecule has 9 heteroatoms. The number of aliphatic hydroxyl groups is 1. The maximum atomic E-state index is 12.9. The second kappa shape index (κ2) is 9.19. The van der Waals surface area contributed by atoms with Crippen LogP contribution in [0.5, 0.6) is 0 Å². The first-order valence-electron chi connectivity index (χ1n) is 10.9. The number of aromatic nitrogens is 2. The van der Waals surface area contributed by atoms with Crippen molar-refractivity contribution in [3.8, 4) is 6.07 Å². The summed E-state index contributed by atoms with van der Waals surface area (Å²) >= 11 is 0. The zero-order valence-corrected chi connectivity index (χ0v) is 18.8. The molecule has 0 saturated carbocycles. The van der Waals surface area contributed by atoms with Gasteiger partial charge in [0.2, 0.25) is 0 Å². The quantitative estimate of drug-likeness (QED) is 0.185. The van der Waals surface area contributed by atoms with Crippen molar-refractivity contribution in [1.29, 1.82) is 5.26 Å².